The Morgan fingerprint density at radius 1 is 0.865 bits per heavy atom. The molecule has 4 aliphatic rings. The first kappa shape index (κ1) is 42.2. The topological polar surface area (TPSA) is 111 Å². The molecule has 4 rings (SSSR count). The van der Waals surface area contributed by atoms with E-state index >= 15 is 0 Å². The molecule has 4 aliphatic carbocycles. The molecule has 2 amide bonds. The second-order valence-electron chi connectivity index (χ2n) is 17.5. The number of allylic oxidation sites excluding steroid dienone is 1. The minimum absolute atomic E-state index is 0.0300. The van der Waals surface area contributed by atoms with E-state index in [-0.39, 0.29) is 62.7 Å². The molecule has 0 aromatic carbocycles. The summed E-state index contributed by atoms with van der Waals surface area (Å²) >= 11 is 0. The number of nitrogens with one attached hydrogen (secondary N) is 1. The molecule has 0 spiro atoms. The van der Waals surface area contributed by atoms with Crippen LogP contribution < -0.4 is 5.32 Å². The normalized spacial score (nSPS) is 29.9. The quantitative estimate of drug-likeness (QED) is 0.0612. The first-order valence-electron chi connectivity index (χ1n) is 21.0. The minimum Gasteiger partial charge on any atom is -0.466 e. The fourth-order valence-electron chi connectivity index (χ4n) is 11.0. The molecule has 0 saturated heterocycles. The maximum Gasteiger partial charge on any atom is 0.407 e. The number of fused-ring (bicyclic) bond motifs is 5. The summed E-state index contributed by atoms with van der Waals surface area (Å²) in [4.78, 5) is 50.8. The fraction of sp³-hybridized carbons (Fsp3) is 0.860. The molecule has 3 fully saturated rings. The molecular weight excluding hydrogens is 656 g/mol. The average Bonchev–Trinajstić information content (AvgIpc) is 3.45. The van der Waals surface area contributed by atoms with Crippen LogP contribution in [0.2, 0.25) is 0 Å². The van der Waals surface area contributed by atoms with Gasteiger partial charge < -0.3 is 24.4 Å². The smallest absolute Gasteiger partial charge is 0.407 e. The van der Waals surface area contributed by atoms with E-state index < -0.39 is 11.9 Å². The van der Waals surface area contributed by atoms with Gasteiger partial charge in [-0.15, -0.1) is 0 Å². The average molecular weight is 729 g/mol. The maximum absolute atomic E-state index is 12.8. The van der Waals surface area contributed by atoms with E-state index in [1.165, 1.54) is 61.8 Å². The Morgan fingerprint density at radius 2 is 1.62 bits per heavy atom. The van der Waals surface area contributed by atoms with E-state index in [1.807, 2.05) is 0 Å². The number of carbonyl (C=O) groups is 4. The molecule has 8 atom stereocenters. The van der Waals surface area contributed by atoms with Gasteiger partial charge in [-0.05, 0) is 118 Å². The molecule has 296 valence electrons. The van der Waals surface area contributed by atoms with Crippen molar-refractivity contribution in [2.75, 3.05) is 32.8 Å². The zero-order valence-corrected chi connectivity index (χ0v) is 33.8. The lowest BCUT2D eigenvalue weighted by atomic mass is 9.47. The molecule has 6 unspecified atom stereocenters. The third kappa shape index (κ3) is 10.8. The highest BCUT2D eigenvalue weighted by atomic mass is 16.6. The highest BCUT2D eigenvalue weighted by Gasteiger charge is 2.59. The molecule has 0 heterocycles. The number of esters is 2. The molecule has 9 heteroatoms. The van der Waals surface area contributed by atoms with Gasteiger partial charge in [-0.25, -0.2) is 4.79 Å². The number of rotatable bonds is 19. The highest BCUT2D eigenvalue weighted by molar-refractivity contribution is 5.82. The number of alkyl carbamates (subject to hydrolysis) is 1. The summed E-state index contributed by atoms with van der Waals surface area (Å²) in [5, 5.41) is 2.92. The van der Waals surface area contributed by atoms with Gasteiger partial charge >= 0.3 is 18.0 Å². The lowest BCUT2D eigenvalue weighted by molar-refractivity contribution is -0.150. The number of carbonyl (C=O) groups excluding carboxylic acids is 4. The Kier molecular flexibility index (Phi) is 15.9. The van der Waals surface area contributed by atoms with Crippen molar-refractivity contribution in [3.05, 3.63) is 11.6 Å². The van der Waals surface area contributed by atoms with E-state index in [9.17, 15) is 19.2 Å². The summed E-state index contributed by atoms with van der Waals surface area (Å²) in [5.74, 6) is 3.79. The Morgan fingerprint density at radius 3 is 2.35 bits per heavy atom. The number of hydrogen-bond donors (Lipinski definition) is 1. The minimum atomic E-state index is -0.495. The standard InChI is InChI=1S/C43H72N2O7/c1-8-50-39(47)23-27-45(29-40(48)51-9-2)38(46)16-11-10-12-26-44-41(49)52-33-21-24-42(6)32(28-33)17-18-34-36-20-19-35(31(5)15-13-14-30(3)4)43(36,7)25-22-37(34)42/h17,30-31,33-37H,8-16,18-29H2,1-7H3,(H,44,49)/t31?,33?,34?,35-,36?,37?,42?,43-/m1/s1. The first-order chi connectivity index (χ1) is 24.8. The third-order valence-electron chi connectivity index (χ3n) is 13.7. The second-order valence-corrected chi connectivity index (χ2v) is 17.5. The number of amides is 2. The predicted molar refractivity (Wildman–Crippen MR) is 204 cm³/mol. The monoisotopic (exact) mass is 729 g/mol. The van der Waals surface area contributed by atoms with Gasteiger partial charge in [0.25, 0.3) is 0 Å². The second kappa shape index (κ2) is 19.7. The lowest BCUT2D eigenvalue weighted by Crippen LogP contribution is -2.51. The lowest BCUT2D eigenvalue weighted by Gasteiger charge is -2.58. The summed E-state index contributed by atoms with van der Waals surface area (Å²) in [7, 11) is 0. The van der Waals surface area contributed by atoms with Gasteiger partial charge in [-0.3, -0.25) is 14.4 Å². The summed E-state index contributed by atoms with van der Waals surface area (Å²) in [6, 6.07) is 0. The summed E-state index contributed by atoms with van der Waals surface area (Å²) in [5.41, 5.74) is 2.25. The summed E-state index contributed by atoms with van der Waals surface area (Å²) in [6.07, 6.45) is 18.2. The molecule has 3 saturated carbocycles. The molecule has 1 N–H and O–H groups in total. The van der Waals surface area contributed by atoms with E-state index in [4.69, 9.17) is 14.2 Å². The van der Waals surface area contributed by atoms with Gasteiger partial charge in [0, 0.05) is 25.9 Å². The van der Waals surface area contributed by atoms with Crippen LogP contribution >= 0.6 is 0 Å². The van der Waals surface area contributed by atoms with Gasteiger partial charge in [0.1, 0.15) is 12.6 Å². The van der Waals surface area contributed by atoms with Crippen molar-refractivity contribution >= 4 is 23.9 Å². The SMILES string of the molecule is CCOC(=O)CCN(CC(=O)OCC)C(=O)CCCCCNC(=O)OC1CCC2(C)C(=CCC3C2CC[C@@]2(C)C3CC[C@@H]2C(C)CCCC(C)C)C1. The molecule has 52 heavy (non-hydrogen) atoms. The maximum atomic E-state index is 12.8. The number of hydrogen-bond acceptors (Lipinski definition) is 7. The molecule has 0 aromatic heterocycles. The number of unbranched alkanes of at least 4 members (excludes halogenated alkanes) is 2. The summed E-state index contributed by atoms with van der Waals surface area (Å²) in [6.45, 7) is 16.8. The van der Waals surface area contributed by atoms with E-state index in [0.717, 1.165) is 67.6 Å². The van der Waals surface area contributed by atoms with Crippen molar-refractivity contribution in [3.8, 4) is 0 Å². The van der Waals surface area contributed by atoms with Crippen molar-refractivity contribution in [2.45, 2.75) is 157 Å². The zero-order valence-electron chi connectivity index (χ0n) is 33.8. The fourth-order valence-corrected chi connectivity index (χ4v) is 11.0. The van der Waals surface area contributed by atoms with Crippen LogP contribution in [0, 0.1) is 46.3 Å². The van der Waals surface area contributed by atoms with Gasteiger partial charge in [0.05, 0.1) is 19.6 Å². The Balaban J connectivity index is 1.18. The van der Waals surface area contributed by atoms with Crippen molar-refractivity contribution in [2.24, 2.45) is 46.3 Å². The molecular formula is C43H72N2O7. The predicted octanol–water partition coefficient (Wildman–Crippen LogP) is 9.03. The third-order valence-corrected chi connectivity index (χ3v) is 13.7. The molecule has 0 aromatic rings. The zero-order chi connectivity index (χ0) is 37.9. The van der Waals surface area contributed by atoms with Gasteiger partial charge in [-0.1, -0.05) is 72.0 Å². The molecule has 0 radical (unpaired) electrons. The van der Waals surface area contributed by atoms with Crippen LogP contribution in [-0.2, 0) is 28.6 Å². The van der Waals surface area contributed by atoms with Crippen molar-refractivity contribution in [1.82, 2.24) is 10.2 Å². The van der Waals surface area contributed by atoms with Crippen molar-refractivity contribution in [1.29, 1.82) is 0 Å². The van der Waals surface area contributed by atoms with Crippen molar-refractivity contribution < 1.29 is 33.4 Å². The molecule has 9 nitrogen and oxygen atoms in total. The van der Waals surface area contributed by atoms with Crippen LogP contribution in [0.15, 0.2) is 11.6 Å². The van der Waals surface area contributed by atoms with E-state index in [1.54, 1.807) is 13.8 Å². The number of ether oxygens (including phenoxy) is 3. The van der Waals surface area contributed by atoms with Crippen LogP contribution in [0.3, 0.4) is 0 Å². The molecule has 0 aliphatic heterocycles. The number of nitrogens with zero attached hydrogens (tertiary/aromatic N) is 1. The van der Waals surface area contributed by atoms with E-state index in [2.05, 4.69) is 46.0 Å². The van der Waals surface area contributed by atoms with Crippen molar-refractivity contribution in [3.63, 3.8) is 0 Å². The Hall–Kier alpha value is -2.58. The Labute approximate surface area is 315 Å². The van der Waals surface area contributed by atoms with Crippen LogP contribution in [-0.4, -0.2) is 67.8 Å². The van der Waals surface area contributed by atoms with Crippen LogP contribution in [0.1, 0.15) is 151 Å². The van der Waals surface area contributed by atoms with Gasteiger partial charge in [0.2, 0.25) is 5.91 Å². The van der Waals surface area contributed by atoms with E-state index in [0.29, 0.717) is 18.4 Å². The van der Waals surface area contributed by atoms with Crippen LogP contribution in [0.25, 0.3) is 0 Å². The molecule has 0 bridgehead atoms. The Bertz CT molecular complexity index is 1230. The first-order valence-corrected chi connectivity index (χ1v) is 21.0. The largest absolute Gasteiger partial charge is 0.466 e. The van der Waals surface area contributed by atoms with Gasteiger partial charge in [-0.2, -0.15) is 0 Å². The van der Waals surface area contributed by atoms with Crippen LogP contribution in [0.5, 0.6) is 0 Å². The summed E-state index contributed by atoms with van der Waals surface area (Å²) < 4.78 is 15.9. The van der Waals surface area contributed by atoms with Gasteiger partial charge in [0.15, 0.2) is 0 Å². The highest BCUT2D eigenvalue weighted by Crippen LogP contribution is 2.67. The van der Waals surface area contributed by atoms with Crippen LogP contribution in [0.4, 0.5) is 4.79 Å².